The van der Waals surface area contributed by atoms with Crippen molar-refractivity contribution in [3.8, 4) is 0 Å². The van der Waals surface area contributed by atoms with Crippen LogP contribution in [0.1, 0.15) is 92.6 Å². The van der Waals surface area contributed by atoms with E-state index in [1.807, 2.05) is 19.9 Å². The zero-order valence-electron chi connectivity index (χ0n) is 15.4. The molecule has 1 fully saturated rings. The third kappa shape index (κ3) is 3.07. The quantitative estimate of drug-likeness (QED) is 0.627. The molecule has 3 nitrogen and oxygen atoms in total. The molecule has 0 heterocycles. The Morgan fingerprint density at radius 1 is 1.27 bits per heavy atom. The molecule has 1 saturated carbocycles. The van der Waals surface area contributed by atoms with E-state index in [2.05, 4.69) is 0 Å². The molecule has 0 amide bonds. The van der Waals surface area contributed by atoms with Crippen LogP contribution in [0.2, 0.25) is 10.0 Å². The number of carbonyl (C=O) groups is 2. The van der Waals surface area contributed by atoms with E-state index in [1.165, 1.54) is 0 Å². The Balaban J connectivity index is 2.24. The van der Waals surface area contributed by atoms with Gasteiger partial charge < -0.3 is 5.11 Å². The number of Topliss-reactive ketones (excluding diaryl/α,β-unsaturated/α-hetero) is 1. The Hall–Kier alpha value is -1.06. The molecule has 2 unspecified atom stereocenters. The number of unbranched alkanes of at least 4 members (excludes halogenated alkanes) is 1. The van der Waals surface area contributed by atoms with E-state index >= 15 is 0 Å². The van der Waals surface area contributed by atoms with Crippen molar-refractivity contribution in [1.29, 1.82) is 0 Å². The number of fused-ring (bicyclic) bond motifs is 1. The van der Waals surface area contributed by atoms with Gasteiger partial charge in [0.05, 0.1) is 15.5 Å². The van der Waals surface area contributed by atoms with Crippen LogP contribution < -0.4 is 0 Å². The Morgan fingerprint density at radius 2 is 1.92 bits per heavy atom. The molecule has 0 aromatic heterocycles. The van der Waals surface area contributed by atoms with Gasteiger partial charge in [-0.05, 0) is 43.2 Å². The summed E-state index contributed by atoms with van der Waals surface area (Å²) < 4.78 is 0. The fourth-order valence-electron chi connectivity index (χ4n) is 4.83. The number of ketones is 1. The topological polar surface area (TPSA) is 54.4 Å². The van der Waals surface area contributed by atoms with E-state index in [9.17, 15) is 14.7 Å². The molecule has 1 aromatic carbocycles. The van der Waals surface area contributed by atoms with Gasteiger partial charge in [-0.25, -0.2) is 0 Å². The number of rotatable bonds is 5. The Morgan fingerprint density at radius 3 is 2.50 bits per heavy atom. The first-order chi connectivity index (χ1) is 12.3. The highest BCUT2D eigenvalue weighted by molar-refractivity contribution is 6.43. The molecule has 5 heteroatoms. The number of carbonyl (C=O) groups excluding carboxylic acids is 1. The van der Waals surface area contributed by atoms with Crippen molar-refractivity contribution in [3.63, 3.8) is 0 Å². The van der Waals surface area contributed by atoms with Gasteiger partial charge in [0.1, 0.15) is 0 Å². The summed E-state index contributed by atoms with van der Waals surface area (Å²) in [6.07, 6.45) is 6.79. The highest BCUT2D eigenvalue weighted by Crippen LogP contribution is 2.51. The lowest BCUT2D eigenvalue weighted by Gasteiger charge is -2.39. The van der Waals surface area contributed by atoms with Crippen LogP contribution in [0.4, 0.5) is 0 Å². The second-order valence-electron chi connectivity index (χ2n) is 7.96. The third-order valence-electron chi connectivity index (χ3n) is 6.24. The molecule has 0 aliphatic heterocycles. The van der Waals surface area contributed by atoms with Gasteiger partial charge in [0, 0.05) is 17.0 Å². The zero-order valence-corrected chi connectivity index (χ0v) is 16.9. The van der Waals surface area contributed by atoms with Crippen LogP contribution in [0.15, 0.2) is 6.07 Å². The van der Waals surface area contributed by atoms with Crippen molar-refractivity contribution < 1.29 is 14.7 Å². The number of halogens is 2. The van der Waals surface area contributed by atoms with Crippen molar-refractivity contribution in [2.75, 3.05) is 0 Å². The molecule has 0 bridgehead atoms. The van der Waals surface area contributed by atoms with E-state index in [-0.39, 0.29) is 23.1 Å². The standard InChI is InChI=1S/C21H26Cl2O3/c1-3-4-9-21(20(25)26)11-12(2)19(24)15-10-14(13-7-5-6-8-13)17(22)18(23)16(15)21/h10,12-13H,3-9,11H2,1-2H3,(H,25,26). The average molecular weight is 397 g/mol. The van der Waals surface area contributed by atoms with Crippen molar-refractivity contribution in [2.45, 2.75) is 76.5 Å². The van der Waals surface area contributed by atoms with Crippen molar-refractivity contribution in [1.82, 2.24) is 0 Å². The van der Waals surface area contributed by atoms with Gasteiger partial charge in [-0.3, -0.25) is 9.59 Å². The summed E-state index contributed by atoms with van der Waals surface area (Å²) in [6.45, 7) is 3.86. The smallest absolute Gasteiger partial charge is 0.314 e. The predicted molar refractivity (Wildman–Crippen MR) is 105 cm³/mol. The lowest BCUT2D eigenvalue weighted by atomic mass is 9.63. The summed E-state index contributed by atoms with van der Waals surface area (Å²) in [6, 6.07) is 1.86. The first-order valence-corrected chi connectivity index (χ1v) is 10.4. The summed E-state index contributed by atoms with van der Waals surface area (Å²) in [5.74, 6) is -0.932. The molecular weight excluding hydrogens is 371 g/mol. The molecule has 0 saturated heterocycles. The van der Waals surface area contributed by atoms with Gasteiger partial charge in [0.2, 0.25) is 0 Å². The fourth-order valence-corrected chi connectivity index (χ4v) is 5.53. The minimum Gasteiger partial charge on any atom is -0.481 e. The molecule has 2 aliphatic rings. The van der Waals surface area contributed by atoms with Gasteiger partial charge in [-0.2, -0.15) is 0 Å². The molecule has 142 valence electrons. The Bertz CT molecular complexity index is 737. The molecule has 2 aliphatic carbocycles. The van der Waals surface area contributed by atoms with Gasteiger partial charge in [-0.15, -0.1) is 0 Å². The number of aliphatic carboxylic acids is 1. The Labute approximate surface area is 165 Å². The summed E-state index contributed by atoms with van der Waals surface area (Å²) >= 11 is 13.3. The summed E-state index contributed by atoms with van der Waals surface area (Å²) in [4.78, 5) is 25.3. The molecule has 0 spiro atoms. The second-order valence-corrected chi connectivity index (χ2v) is 8.71. The number of carboxylic acids is 1. The number of hydrogen-bond acceptors (Lipinski definition) is 2. The molecule has 0 radical (unpaired) electrons. The SMILES string of the molecule is CCCCC1(C(=O)O)CC(C)C(=O)c2cc(C3CCCC3)c(Cl)c(Cl)c21. The van der Waals surface area contributed by atoms with Crippen molar-refractivity contribution >= 4 is 35.0 Å². The van der Waals surface area contributed by atoms with E-state index < -0.39 is 11.4 Å². The van der Waals surface area contributed by atoms with Gasteiger partial charge in [0.25, 0.3) is 0 Å². The molecule has 26 heavy (non-hydrogen) atoms. The van der Waals surface area contributed by atoms with E-state index in [4.69, 9.17) is 23.2 Å². The maximum absolute atomic E-state index is 12.9. The first-order valence-electron chi connectivity index (χ1n) is 9.63. The van der Waals surface area contributed by atoms with Crippen molar-refractivity contribution in [2.24, 2.45) is 5.92 Å². The van der Waals surface area contributed by atoms with Crippen LogP contribution in [0.25, 0.3) is 0 Å². The van der Waals surface area contributed by atoms with Crippen LogP contribution >= 0.6 is 23.2 Å². The van der Waals surface area contributed by atoms with Crippen LogP contribution in [-0.2, 0) is 10.2 Å². The number of hydrogen-bond donors (Lipinski definition) is 1. The lowest BCUT2D eigenvalue weighted by Crippen LogP contribution is -2.44. The number of benzene rings is 1. The van der Waals surface area contributed by atoms with E-state index in [0.717, 1.165) is 44.1 Å². The summed E-state index contributed by atoms with van der Waals surface area (Å²) in [5, 5.41) is 10.9. The molecule has 1 aromatic rings. The largest absolute Gasteiger partial charge is 0.481 e. The third-order valence-corrected chi connectivity index (χ3v) is 7.12. The monoisotopic (exact) mass is 396 g/mol. The van der Waals surface area contributed by atoms with Crippen LogP contribution in [0, 0.1) is 5.92 Å². The van der Waals surface area contributed by atoms with Gasteiger partial charge >= 0.3 is 5.97 Å². The summed E-state index contributed by atoms with van der Waals surface area (Å²) in [7, 11) is 0. The second kappa shape index (κ2) is 7.52. The first kappa shape index (κ1) is 19.7. The molecule has 3 rings (SSSR count). The minimum atomic E-state index is -1.13. The zero-order chi connectivity index (χ0) is 19.1. The van der Waals surface area contributed by atoms with E-state index in [1.54, 1.807) is 0 Å². The molecule has 2 atom stereocenters. The molecular formula is C21H26Cl2O3. The Kier molecular flexibility index (Phi) is 5.69. The van der Waals surface area contributed by atoms with Gasteiger partial charge in [0.15, 0.2) is 5.78 Å². The minimum absolute atomic E-state index is 0.00816. The number of carboxylic acid groups (broad SMARTS) is 1. The predicted octanol–water partition coefficient (Wildman–Crippen LogP) is 6.39. The molecule has 1 N–H and O–H groups in total. The van der Waals surface area contributed by atoms with Crippen LogP contribution in [-0.4, -0.2) is 16.9 Å². The normalized spacial score (nSPS) is 26.2. The highest BCUT2D eigenvalue weighted by atomic mass is 35.5. The maximum atomic E-state index is 12.9. The fraction of sp³-hybridized carbons (Fsp3) is 0.619. The van der Waals surface area contributed by atoms with Crippen molar-refractivity contribution in [3.05, 3.63) is 32.8 Å². The van der Waals surface area contributed by atoms with Crippen LogP contribution in [0.5, 0.6) is 0 Å². The maximum Gasteiger partial charge on any atom is 0.314 e. The van der Waals surface area contributed by atoms with E-state index in [0.29, 0.717) is 28.5 Å². The lowest BCUT2D eigenvalue weighted by molar-refractivity contribution is -0.145. The highest BCUT2D eigenvalue weighted by Gasteiger charge is 2.50. The summed E-state index contributed by atoms with van der Waals surface area (Å²) in [5.41, 5.74) is 0.729. The average Bonchev–Trinajstić information content (AvgIpc) is 3.13. The van der Waals surface area contributed by atoms with Gasteiger partial charge in [-0.1, -0.05) is 62.7 Å². The van der Waals surface area contributed by atoms with Crippen LogP contribution in [0.3, 0.4) is 0 Å².